The molecule has 0 radical (unpaired) electrons. The van der Waals surface area contributed by atoms with Crippen LogP contribution in [-0.2, 0) is 0 Å². The molecule has 16 heavy (non-hydrogen) atoms. The Morgan fingerprint density at radius 3 is 2.69 bits per heavy atom. The van der Waals surface area contributed by atoms with Crippen molar-refractivity contribution in [3.63, 3.8) is 0 Å². The Labute approximate surface area is 102 Å². The minimum absolute atomic E-state index is 0.363. The second-order valence-corrected chi connectivity index (χ2v) is 4.21. The van der Waals surface area contributed by atoms with Crippen LogP contribution < -0.4 is 10.5 Å². The van der Waals surface area contributed by atoms with Gasteiger partial charge < -0.3 is 15.0 Å². The lowest BCUT2D eigenvalue weighted by Gasteiger charge is -2.07. The Hall–Kier alpha value is -1.49. The smallest absolute Gasteiger partial charge is 0.170 e. The molecule has 0 fully saturated rings. The topological polar surface area (TPSA) is 61.3 Å². The summed E-state index contributed by atoms with van der Waals surface area (Å²) >= 11 is 3.51. The number of hydrogen-bond donors (Lipinski definition) is 1. The van der Waals surface area contributed by atoms with Crippen molar-refractivity contribution in [3.05, 3.63) is 28.2 Å². The number of nitrogens with zero attached hydrogens (tertiary/aromatic N) is 1. The van der Waals surface area contributed by atoms with E-state index in [0.29, 0.717) is 11.6 Å². The molecule has 0 amide bonds. The molecule has 0 saturated carbocycles. The van der Waals surface area contributed by atoms with Crippen molar-refractivity contribution in [1.29, 1.82) is 0 Å². The van der Waals surface area contributed by atoms with Crippen molar-refractivity contribution in [2.75, 3.05) is 12.8 Å². The van der Waals surface area contributed by atoms with Crippen molar-refractivity contribution in [3.8, 4) is 17.1 Å². The lowest BCUT2D eigenvalue weighted by molar-refractivity contribution is 0.413. The maximum absolute atomic E-state index is 5.52. The van der Waals surface area contributed by atoms with E-state index in [2.05, 4.69) is 21.1 Å². The third-order valence-corrected chi connectivity index (χ3v) is 3.31. The molecule has 0 atom stereocenters. The Bertz CT molecular complexity index is 523. The van der Waals surface area contributed by atoms with E-state index in [1.54, 1.807) is 13.2 Å². The van der Waals surface area contributed by atoms with E-state index < -0.39 is 0 Å². The molecule has 0 aliphatic rings. The van der Waals surface area contributed by atoms with Gasteiger partial charge in [-0.15, -0.1) is 0 Å². The lowest BCUT2D eigenvalue weighted by Crippen LogP contribution is -1.88. The predicted molar refractivity (Wildman–Crippen MR) is 65.3 cm³/mol. The van der Waals surface area contributed by atoms with Gasteiger partial charge in [-0.2, -0.15) is 0 Å². The summed E-state index contributed by atoms with van der Waals surface area (Å²) in [5.41, 5.74) is 7.46. The van der Waals surface area contributed by atoms with Gasteiger partial charge in [0.25, 0.3) is 0 Å². The highest BCUT2D eigenvalue weighted by Gasteiger charge is 2.12. The fraction of sp³-hybridized carbons (Fsp3) is 0.182. The number of anilines is 1. The van der Waals surface area contributed by atoms with Crippen molar-refractivity contribution >= 4 is 21.7 Å². The molecule has 0 aliphatic carbocycles. The van der Waals surface area contributed by atoms with Gasteiger partial charge in [0.15, 0.2) is 11.6 Å². The zero-order valence-corrected chi connectivity index (χ0v) is 10.5. The van der Waals surface area contributed by atoms with Crippen LogP contribution in [0.3, 0.4) is 0 Å². The van der Waals surface area contributed by atoms with Crippen LogP contribution in [0.25, 0.3) is 11.3 Å². The van der Waals surface area contributed by atoms with E-state index in [4.69, 9.17) is 15.0 Å². The molecule has 5 heteroatoms. The normalized spacial score (nSPS) is 10.4. The summed E-state index contributed by atoms with van der Waals surface area (Å²) in [7, 11) is 1.63. The Balaban J connectivity index is 2.59. The highest BCUT2D eigenvalue weighted by atomic mass is 79.9. The molecule has 2 N–H and O–H groups in total. The fourth-order valence-corrected chi connectivity index (χ4v) is 1.87. The van der Waals surface area contributed by atoms with Crippen LogP contribution in [0.2, 0.25) is 0 Å². The summed E-state index contributed by atoms with van der Waals surface area (Å²) in [6.07, 6.45) is 0. The molecule has 0 spiro atoms. The van der Waals surface area contributed by atoms with Gasteiger partial charge in [0, 0.05) is 16.1 Å². The average Bonchev–Trinajstić information content (AvgIpc) is 2.68. The summed E-state index contributed by atoms with van der Waals surface area (Å²) in [6, 6.07) is 5.49. The number of hydrogen-bond acceptors (Lipinski definition) is 4. The van der Waals surface area contributed by atoms with Crippen molar-refractivity contribution in [2.24, 2.45) is 0 Å². The number of methoxy groups -OCH3 is 1. The zero-order valence-electron chi connectivity index (χ0n) is 8.95. The highest BCUT2D eigenvalue weighted by Crippen LogP contribution is 2.35. The van der Waals surface area contributed by atoms with Crippen LogP contribution in [0.5, 0.6) is 5.75 Å². The fourth-order valence-electron chi connectivity index (χ4n) is 1.45. The Kier molecular flexibility index (Phi) is 2.87. The van der Waals surface area contributed by atoms with Gasteiger partial charge in [-0.25, -0.2) is 0 Å². The van der Waals surface area contributed by atoms with Crippen molar-refractivity contribution < 1.29 is 9.26 Å². The molecule has 2 aromatic rings. The first kappa shape index (κ1) is 11.0. The molecular formula is C11H11BrN2O2. The maximum Gasteiger partial charge on any atom is 0.170 e. The molecule has 0 aliphatic heterocycles. The van der Waals surface area contributed by atoms with E-state index in [9.17, 15) is 0 Å². The van der Waals surface area contributed by atoms with Crippen LogP contribution in [-0.4, -0.2) is 12.3 Å². The third-order valence-electron chi connectivity index (χ3n) is 2.26. The van der Waals surface area contributed by atoms with E-state index in [-0.39, 0.29) is 0 Å². The number of aryl methyl sites for hydroxylation is 1. The number of ether oxygens (including phenoxy) is 1. The third kappa shape index (κ3) is 1.90. The summed E-state index contributed by atoms with van der Waals surface area (Å²) in [6.45, 7) is 1.98. The quantitative estimate of drug-likeness (QED) is 0.920. The SMILES string of the molecule is COc1cc(C)c(Br)c(-c2cc(N)no2)c1. The van der Waals surface area contributed by atoms with E-state index in [0.717, 1.165) is 21.3 Å². The monoisotopic (exact) mass is 282 g/mol. The zero-order chi connectivity index (χ0) is 11.7. The average molecular weight is 283 g/mol. The van der Waals surface area contributed by atoms with Gasteiger partial charge in [-0.3, -0.25) is 0 Å². The minimum atomic E-state index is 0.363. The second kappa shape index (κ2) is 4.17. The number of halogens is 1. The highest BCUT2D eigenvalue weighted by molar-refractivity contribution is 9.10. The van der Waals surface area contributed by atoms with Crippen LogP contribution >= 0.6 is 15.9 Å². The first-order valence-corrected chi connectivity index (χ1v) is 5.48. The molecular weight excluding hydrogens is 272 g/mol. The molecule has 2 rings (SSSR count). The summed E-state index contributed by atoms with van der Waals surface area (Å²) < 4.78 is 11.3. The number of benzene rings is 1. The second-order valence-electron chi connectivity index (χ2n) is 3.42. The van der Waals surface area contributed by atoms with Gasteiger partial charge in [0.1, 0.15) is 5.75 Å². The van der Waals surface area contributed by atoms with Crippen molar-refractivity contribution in [1.82, 2.24) is 5.16 Å². The minimum Gasteiger partial charge on any atom is -0.497 e. The molecule has 1 aromatic heterocycles. The number of rotatable bonds is 2. The van der Waals surface area contributed by atoms with Crippen LogP contribution in [0.15, 0.2) is 27.2 Å². The first-order valence-electron chi connectivity index (χ1n) is 4.68. The molecule has 0 unspecified atom stereocenters. The van der Waals surface area contributed by atoms with Gasteiger partial charge in [-0.05, 0) is 40.5 Å². The van der Waals surface area contributed by atoms with Crippen LogP contribution in [0.4, 0.5) is 5.82 Å². The van der Waals surface area contributed by atoms with E-state index in [1.165, 1.54) is 0 Å². The molecule has 84 valence electrons. The largest absolute Gasteiger partial charge is 0.497 e. The van der Waals surface area contributed by atoms with E-state index in [1.807, 2.05) is 19.1 Å². The summed E-state index contributed by atoms with van der Waals surface area (Å²) in [4.78, 5) is 0. The van der Waals surface area contributed by atoms with Gasteiger partial charge in [0.05, 0.1) is 7.11 Å². The standard InChI is InChI=1S/C11H11BrN2O2/c1-6-3-7(15-2)4-8(11(6)12)9-5-10(13)14-16-9/h3-5H,1-2H3,(H2,13,14). The molecule has 1 heterocycles. The molecule has 0 saturated heterocycles. The number of nitrogen functional groups attached to an aromatic ring is 1. The Morgan fingerprint density at radius 1 is 1.38 bits per heavy atom. The van der Waals surface area contributed by atoms with Gasteiger partial charge in [0.2, 0.25) is 0 Å². The van der Waals surface area contributed by atoms with Gasteiger partial charge >= 0.3 is 0 Å². The molecule has 1 aromatic carbocycles. The van der Waals surface area contributed by atoms with E-state index >= 15 is 0 Å². The summed E-state index contributed by atoms with van der Waals surface area (Å²) in [5, 5.41) is 3.66. The van der Waals surface area contributed by atoms with Crippen LogP contribution in [0, 0.1) is 6.92 Å². The van der Waals surface area contributed by atoms with Gasteiger partial charge in [-0.1, -0.05) is 5.16 Å². The summed E-state index contributed by atoms with van der Waals surface area (Å²) in [5.74, 6) is 1.75. The van der Waals surface area contributed by atoms with Crippen molar-refractivity contribution in [2.45, 2.75) is 6.92 Å². The lowest BCUT2D eigenvalue weighted by atomic mass is 10.1. The predicted octanol–water partition coefficient (Wildman–Crippen LogP) is 3.00. The molecule has 4 nitrogen and oxygen atoms in total. The molecule has 0 bridgehead atoms. The maximum atomic E-state index is 5.52. The van der Waals surface area contributed by atoms with Crippen LogP contribution in [0.1, 0.15) is 5.56 Å². The Morgan fingerprint density at radius 2 is 2.12 bits per heavy atom. The first-order chi connectivity index (χ1) is 7.61. The number of aromatic nitrogens is 1. The number of nitrogens with two attached hydrogens (primary N) is 1.